The predicted octanol–water partition coefficient (Wildman–Crippen LogP) is -16.1. The maximum Gasteiger partial charge on any atom is 0.217 e. The summed E-state index contributed by atoms with van der Waals surface area (Å²) in [6.45, 7) is -2.04. The van der Waals surface area contributed by atoms with E-state index < -0.39 is 297 Å². The summed E-state index contributed by atoms with van der Waals surface area (Å²) in [5.41, 5.74) is 0. The van der Waals surface area contributed by atoms with Crippen LogP contribution >= 0.6 is 0 Å². The van der Waals surface area contributed by atoms with Crippen molar-refractivity contribution in [1.82, 2.24) is 10.6 Å². The van der Waals surface area contributed by atoms with Gasteiger partial charge in [0.25, 0.3) is 0 Å². The molecule has 8 fully saturated rings. The molecule has 0 unspecified atom stereocenters. The fourth-order valence-corrected chi connectivity index (χ4v) is 12.2. The van der Waals surface area contributed by atoms with Gasteiger partial charge in [0.15, 0.2) is 50.3 Å². The third kappa shape index (κ3) is 16.2. The SMILES string of the molecule is CC(=O)N[C@H]1[C@H](O[C@H]2[C@@H](O)[C@@H](CO)O[C@@H](O[C@H]3[C@H](O[C@@H]4O[C@@H](C)[C@@H](O)[C@@H](O)[C@@H]4O)[C@@H](NC(C)=O)[C@H](O[C@H]4[C@@H](O)[C@@H](CO)O[C@@H](O[C@H]5[C@H](O)[C@@H](O)[C@H](O)O[C@@H]5CO)[C@@H]4O)O[C@@H]3CO)[C@@H]2O)O[C@H](CO)[C@@H](O[C@@H]2O[C@H](CO)[C@H](O)[C@H](O)[C@H]2O)[C@@H]1O[C@@H]1O[C@@H](C)[C@@H](O)[C@@H](O)[C@@H]1O. The Bertz CT molecular complexity index is 2350. The number of rotatable bonds is 22. The largest absolute Gasteiger partial charge is 0.394 e. The average Bonchev–Trinajstić information content (AvgIpc) is 0.774. The molecule has 8 aliphatic heterocycles. The third-order valence-electron chi connectivity index (χ3n) is 17.4. The molecule has 8 rings (SSSR count). The monoisotopic (exact) mass is 1360 g/mol. The zero-order chi connectivity index (χ0) is 68.5. The number of carbonyl (C=O) groups excluding carboxylic acids is 2. The van der Waals surface area contributed by atoms with E-state index in [1.165, 1.54) is 13.8 Å². The van der Waals surface area contributed by atoms with Crippen molar-refractivity contribution in [2.45, 2.75) is 273 Å². The summed E-state index contributed by atoms with van der Waals surface area (Å²) < 4.78 is 88.9. The van der Waals surface area contributed by atoms with Gasteiger partial charge in [0.05, 0.1) is 51.8 Å². The van der Waals surface area contributed by atoms with Crippen LogP contribution in [0.2, 0.25) is 0 Å². The molecule has 0 spiro atoms. The maximum absolute atomic E-state index is 13.3. The zero-order valence-electron chi connectivity index (χ0n) is 50.1. The van der Waals surface area contributed by atoms with Crippen molar-refractivity contribution < 1.29 is 193 Å². The van der Waals surface area contributed by atoms with Crippen LogP contribution in [-0.4, -0.2) is 409 Å². The van der Waals surface area contributed by atoms with Crippen molar-refractivity contribution in [2.75, 3.05) is 39.6 Å². The Hall–Kier alpha value is -2.54. The van der Waals surface area contributed by atoms with E-state index in [4.69, 9.17) is 71.1 Å². The molecule has 0 aliphatic carbocycles. The first-order valence-electron chi connectivity index (χ1n) is 29.9. The lowest BCUT2D eigenvalue weighted by molar-refractivity contribution is -0.400. The quantitative estimate of drug-likeness (QED) is 0.0479. The van der Waals surface area contributed by atoms with Crippen molar-refractivity contribution in [3.05, 3.63) is 0 Å². The summed E-state index contributed by atoms with van der Waals surface area (Å²) in [4.78, 5) is 26.6. The van der Waals surface area contributed by atoms with E-state index in [1.807, 2.05) is 0 Å². The number of carbonyl (C=O) groups is 2. The lowest BCUT2D eigenvalue weighted by atomic mass is 9.93. The maximum atomic E-state index is 13.3. The topological polar surface area (TPSA) is 642 Å². The fraction of sp³-hybridized carbons (Fsp3) is 0.962. The highest BCUT2D eigenvalue weighted by molar-refractivity contribution is 5.73. The molecule has 24 N–H and O–H groups in total. The lowest BCUT2D eigenvalue weighted by Crippen LogP contribution is -2.72. The highest BCUT2D eigenvalue weighted by atomic mass is 16.8. The third-order valence-corrected chi connectivity index (χ3v) is 17.4. The fourth-order valence-electron chi connectivity index (χ4n) is 12.2. The van der Waals surface area contributed by atoms with Gasteiger partial charge in [0, 0.05) is 13.8 Å². The smallest absolute Gasteiger partial charge is 0.217 e. The Labute approximate surface area is 527 Å². The van der Waals surface area contributed by atoms with Gasteiger partial charge >= 0.3 is 0 Å². The van der Waals surface area contributed by atoms with Gasteiger partial charge in [-0.3, -0.25) is 9.59 Å². The van der Waals surface area contributed by atoms with E-state index in [0.29, 0.717) is 0 Å². The second-order valence-electron chi connectivity index (χ2n) is 23.8. The second kappa shape index (κ2) is 32.6. The molecule has 40 atom stereocenters. The van der Waals surface area contributed by atoms with Crippen LogP contribution in [0.1, 0.15) is 27.7 Å². The minimum Gasteiger partial charge on any atom is -0.394 e. The van der Waals surface area contributed by atoms with E-state index in [-0.39, 0.29) is 0 Å². The highest BCUT2D eigenvalue weighted by Gasteiger charge is 2.61. The van der Waals surface area contributed by atoms with Crippen molar-refractivity contribution in [3.8, 4) is 0 Å². The van der Waals surface area contributed by atoms with E-state index in [2.05, 4.69) is 10.6 Å². The number of ether oxygens (including phenoxy) is 15. The van der Waals surface area contributed by atoms with Gasteiger partial charge in [0.2, 0.25) is 11.8 Å². The molecule has 0 aromatic carbocycles. The van der Waals surface area contributed by atoms with Gasteiger partial charge < -0.3 is 194 Å². The second-order valence-corrected chi connectivity index (χ2v) is 23.8. The molecular formula is C52H88N2O39. The Morgan fingerprint density at radius 1 is 0.280 bits per heavy atom. The number of nitrogens with one attached hydrogen (secondary N) is 2. The molecule has 0 saturated carbocycles. The summed E-state index contributed by atoms with van der Waals surface area (Å²) in [5, 5.41) is 245. The highest BCUT2D eigenvalue weighted by Crippen LogP contribution is 2.40. The van der Waals surface area contributed by atoms with Crippen LogP contribution in [0, 0.1) is 0 Å². The van der Waals surface area contributed by atoms with Gasteiger partial charge in [0.1, 0.15) is 183 Å². The van der Waals surface area contributed by atoms with Gasteiger partial charge in [-0.25, -0.2) is 0 Å². The number of hydrogen-bond donors (Lipinski definition) is 24. The predicted molar refractivity (Wildman–Crippen MR) is 285 cm³/mol. The van der Waals surface area contributed by atoms with Gasteiger partial charge in [-0.15, -0.1) is 0 Å². The molecule has 2 amide bonds. The molecule has 540 valence electrons. The molecule has 0 aromatic heterocycles. The molecular weight excluding hydrogens is 1280 g/mol. The van der Waals surface area contributed by atoms with E-state index in [9.17, 15) is 122 Å². The molecule has 8 aliphatic rings. The van der Waals surface area contributed by atoms with Crippen molar-refractivity contribution in [2.24, 2.45) is 0 Å². The van der Waals surface area contributed by atoms with E-state index >= 15 is 0 Å². The summed E-state index contributed by atoms with van der Waals surface area (Å²) in [6.07, 6.45) is -75.3. The number of aliphatic hydroxyl groups is 22. The molecule has 8 heterocycles. The first-order chi connectivity index (χ1) is 43.9. The lowest BCUT2D eigenvalue weighted by Gasteiger charge is -2.52. The first-order valence-corrected chi connectivity index (χ1v) is 29.9. The van der Waals surface area contributed by atoms with Crippen LogP contribution in [0.15, 0.2) is 0 Å². The molecule has 8 saturated heterocycles. The van der Waals surface area contributed by atoms with Crippen LogP contribution in [0.25, 0.3) is 0 Å². The van der Waals surface area contributed by atoms with Gasteiger partial charge in [-0.2, -0.15) is 0 Å². The van der Waals surface area contributed by atoms with Crippen LogP contribution in [-0.2, 0) is 80.6 Å². The van der Waals surface area contributed by atoms with Crippen molar-refractivity contribution in [1.29, 1.82) is 0 Å². The molecule has 0 radical (unpaired) electrons. The number of amides is 2. The van der Waals surface area contributed by atoms with E-state index in [1.54, 1.807) is 0 Å². The van der Waals surface area contributed by atoms with Crippen molar-refractivity contribution in [3.63, 3.8) is 0 Å². The Kier molecular flexibility index (Phi) is 26.7. The van der Waals surface area contributed by atoms with Gasteiger partial charge in [-0.05, 0) is 13.8 Å². The van der Waals surface area contributed by atoms with Crippen LogP contribution < -0.4 is 10.6 Å². The summed E-state index contributed by atoms with van der Waals surface area (Å²) in [6, 6.07) is -3.88. The summed E-state index contributed by atoms with van der Waals surface area (Å²) in [5.74, 6) is -1.90. The molecule has 0 aromatic rings. The Morgan fingerprint density at radius 3 is 0.914 bits per heavy atom. The standard InChI is InChI=1S/C52H88N2O39/c1-11-23(63)28(68)33(73)48(79-11)90-41-21(53-13(3)61)46(85-19(9-59)39(41)88-50-35(75)30(70)25(65)15(5-55)82-50)93-44-27(67)17(7-57)84-52(37(44)77)89-40-20(10-60)86-47(22(54-14(4)62)42(40)91-49-34(74)29(69)24(64)12(2)80-49)92-43-26(66)16(6-56)83-51(36(43)76)87-38-18(8-58)81-45(78)32(72)31(38)71/h11-12,15-52,55-60,63-78H,5-10H2,1-4H3,(H,53,61)(H,54,62)/t11-,12-,15+,16+,17+,18+,19+,20+,21+,22+,23+,24+,25-,26-,27-,28+,29+,30-,31+,32+,33-,34-,35+,36+,37+,38+,39+,40+,41+,42+,43-,44-,45+,46-,47-,48-,49-,50-,51-,52-/m0/s1. The Morgan fingerprint density at radius 2 is 0.559 bits per heavy atom. The van der Waals surface area contributed by atoms with Crippen LogP contribution in [0.5, 0.6) is 0 Å². The minimum atomic E-state index is -2.43. The normalized spacial score (nSPS) is 51.6. The van der Waals surface area contributed by atoms with E-state index in [0.717, 1.165) is 13.8 Å². The molecule has 41 nitrogen and oxygen atoms in total. The van der Waals surface area contributed by atoms with Crippen molar-refractivity contribution >= 4 is 11.8 Å². The number of aliphatic hydroxyl groups excluding tert-OH is 22. The Balaban J connectivity index is 1.14. The molecule has 93 heavy (non-hydrogen) atoms. The van der Waals surface area contributed by atoms with Crippen LogP contribution in [0.4, 0.5) is 0 Å². The van der Waals surface area contributed by atoms with Crippen LogP contribution in [0.3, 0.4) is 0 Å². The molecule has 41 heteroatoms. The first kappa shape index (κ1) is 76.2. The molecule has 0 bridgehead atoms. The zero-order valence-corrected chi connectivity index (χ0v) is 50.1. The summed E-state index contributed by atoms with van der Waals surface area (Å²) in [7, 11) is 0. The van der Waals surface area contributed by atoms with Gasteiger partial charge in [-0.1, -0.05) is 0 Å². The summed E-state index contributed by atoms with van der Waals surface area (Å²) >= 11 is 0. The average molecular weight is 1370 g/mol. The number of hydrogen-bond acceptors (Lipinski definition) is 39. The minimum absolute atomic E-state index is 0.941.